The molecule has 0 saturated heterocycles. The van der Waals surface area contributed by atoms with E-state index in [-0.39, 0.29) is 6.42 Å². The summed E-state index contributed by atoms with van der Waals surface area (Å²) in [7, 11) is -4.25. The molecule has 0 heterocycles. The molecule has 0 aromatic rings. The maximum Gasteiger partial charge on any atom is 0.345 e. The quantitative estimate of drug-likeness (QED) is 0.615. The van der Waals surface area contributed by atoms with Crippen LogP contribution in [0.4, 0.5) is 0 Å². The normalized spacial score (nSPS) is 18.4. The highest BCUT2D eigenvalue weighted by Gasteiger charge is 2.52. The minimum Gasteiger partial charge on any atom is -0.323 e. The number of hydrogen-bond acceptors (Lipinski definition) is 2. The number of hydrogen-bond donors (Lipinski definition) is 3. The molecule has 0 radical (unpaired) electrons. The molecule has 0 fully saturated rings. The van der Waals surface area contributed by atoms with Crippen molar-refractivity contribution in [2.45, 2.75) is 45.8 Å². The average molecular weight is 209 g/mol. The van der Waals surface area contributed by atoms with Gasteiger partial charge in [-0.05, 0) is 18.3 Å². The van der Waals surface area contributed by atoms with Crippen molar-refractivity contribution in [3.63, 3.8) is 0 Å². The molecule has 0 spiro atoms. The lowest BCUT2D eigenvalue weighted by atomic mass is 9.80. The maximum absolute atomic E-state index is 11.3. The zero-order valence-electron chi connectivity index (χ0n) is 8.74. The Morgan fingerprint density at radius 1 is 1.23 bits per heavy atom. The SMILES string of the molecule is CCC(C)(C)C(N)(CC)P(=O)(O)O. The Bertz CT molecular complexity index is 223. The summed E-state index contributed by atoms with van der Waals surface area (Å²) in [4.78, 5) is 18.4. The molecule has 0 aromatic carbocycles. The predicted molar refractivity (Wildman–Crippen MR) is 53.3 cm³/mol. The van der Waals surface area contributed by atoms with Crippen LogP contribution in [-0.4, -0.2) is 15.1 Å². The van der Waals surface area contributed by atoms with Crippen LogP contribution in [0.5, 0.6) is 0 Å². The monoisotopic (exact) mass is 209 g/mol. The molecule has 0 aromatic heterocycles. The van der Waals surface area contributed by atoms with Crippen LogP contribution in [0.1, 0.15) is 40.5 Å². The highest BCUT2D eigenvalue weighted by molar-refractivity contribution is 7.53. The van der Waals surface area contributed by atoms with Crippen LogP contribution in [0, 0.1) is 5.41 Å². The van der Waals surface area contributed by atoms with Crippen LogP contribution < -0.4 is 5.73 Å². The highest BCUT2D eigenvalue weighted by atomic mass is 31.2. The van der Waals surface area contributed by atoms with Gasteiger partial charge in [-0.15, -0.1) is 0 Å². The molecule has 1 atom stereocenters. The number of nitrogens with two attached hydrogens (primary N) is 1. The summed E-state index contributed by atoms with van der Waals surface area (Å²) in [5.41, 5.74) is 5.24. The first-order chi connectivity index (χ1) is 5.62. The van der Waals surface area contributed by atoms with Crippen LogP contribution in [0.3, 0.4) is 0 Å². The molecule has 0 aliphatic carbocycles. The summed E-state index contributed by atoms with van der Waals surface area (Å²) in [5.74, 6) is 0. The molecule has 1 unspecified atom stereocenters. The molecular weight excluding hydrogens is 189 g/mol. The average Bonchev–Trinajstić information content (AvgIpc) is 2.00. The van der Waals surface area contributed by atoms with E-state index in [4.69, 9.17) is 5.73 Å². The van der Waals surface area contributed by atoms with Gasteiger partial charge in [0.2, 0.25) is 0 Å². The van der Waals surface area contributed by atoms with E-state index in [9.17, 15) is 14.4 Å². The van der Waals surface area contributed by atoms with Gasteiger partial charge in [-0.2, -0.15) is 0 Å². The Balaban J connectivity index is 5.19. The summed E-state index contributed by atoms with van der Waals surface area (Å²) in [6.07, 6.45) is 0.917. The summed E-state index contributed by atoms with van der Waals surface area (Å²) in [6, 6.07) is 0. The van der Waals surface area contributed by atoms with Gasteiger partial charge in [0.15, 0.2) is 0 Å². The fraction of sp³-hybridized carbons (Fsp3) is 1.00. The minimum atomic E-state index is -4.25. The Hall–Kier alpha value is 0.110. The van der Waals surface area contributed by atoms with E-state index in [1.807, 2.05) is 6.92 Å². The molecule has 13 heavy (non-hydrogen) atoms. The zero-order valence-corrected chi connectivity index (χ0v) is 9.64. The minimum absolute atomic E-state index is 0.276. The third-order valence-corrected chi connectivity index (χ3v) is 5.08. The van der Waals surface area contributed by atoms with Gasteiger partial charge in [0.25, 0.3) is 0 Å². The van der Waals surface area contributed by atoms with Crippen LogP contribution in [-0.2, 0) is 4.57 Å². The van der Waals surface area contributed by atoms with E-state index in [2.05, 4.69) is 0 Å². The first kappa shape index (κ1) is 13.1. The smallest absolute Gasteiger partial charge is 0.323 e. The van der Waals surface area contributed by atoms with Crippen LogP contribution in [0.2, 0.25) is 0 Å². The third-order valence-electron chi connectivity index (χ3n) is 3.11. The molecule has 4 N–H and O–H groups in total. The lowest BCUT2D eigenvalue weighted by molar-refractivity contribution is 0.183. The zero-order chi connectivity index (χ0) is 10.9. The molecule has 0 aliphatic heterocycles. The van der Waals surface area contributed by atoms with Crippen molar-refractivity contribution < 1.29 is 14.4 Å². The summed E-state index contributed by atoms with van der Waals surface area (Å²) < 4.78 is 11.3. The van der Waals surface area contributed by atoms with Gasteiger partial charge in [0, 0.05) is 0 Å². The topological polar surface area (TPSA) is 83.6 Å². The highest BCUT2D eigenvalue weighted by Crippen LogP contribution is 2.58. The standard InChI is InChI=1S/C8H20NO3P/c1-5-7(3,4)8(9,6-2)13(10,11)12/h5-6,9H2,1-4H3,(H2,10,11,12). The van der Waals surface area contributed by atoms with Crippen molar-refractivity contribution in [1.29, 1.82) is 0 Å². The maximum atomic E-state index is 11.3. The van der Waals surface area contributed by atoms with Crippen LogP contribution in [0.15, 0.2) is 0 Å². The first-order valence-corrected chi connectivity index (χ1v) is 6.08. The van der Waals surface area contributed by atoms with E-state index in [0.717, 1.165) is 0 Å². The second-order valence-corrected chi connectivity index (χ2v) is 5.95. The fourth-order valence-corrected chi connectivity index (χ4v) is 2.74. The van der Waals surface area contributed by atoms with E-state index >= 15 is 0 Å². The van der Waals surface area contributed by atoms with E-state index in [0.29, 0.717) is 6.42 Å². The van der Waals surface area contributed by atoms with E-state index in [1.165, 1.54) is 0 Å². The molecule has 0 rings (SSSR count). The second-order valence-electron chi connectivity index (χ2n) is 4.06. The predicted octanol–water partition coefficient (Wildman–Crippen LogP) is 1.67. The molecule has 80 valence electrons. The van der Waals surface area contributed by atoms with E-state index < -0.39 is 18.3 Å². The van der Waals surface area contributed by atoms with Crippen molar-refractivity contribution in [1.82, 2.24) is 0 Å². The Labute approximate surface area is 79.7 Å². The Kier molecular flexibility index (Phi) is 3.73. The van der Waals surface area contributed by atoms with Gasteiger partial charge in [-0.3, -0.25) is 4.57 Å². The molecule has 4 nitrogen and oxygen atoms in total. The first-order valence-electron chi connectivity index (χ1n) is 4.47. The van der Waals surface area contributed by atoms with Crippen molar-refractivity contribution in [2.75, 3.05) is 0 Å². The molecule has 0 aliphatic rings. The van der Waals surface area contributed by atoms with Crippen LogP contribution >= 0.6 is 7.60 Å². The van der Waals surface area contributed by atoms with Crippen molar-refractivity contribution in [3.05, 3.63) is 0 Å². The summed E-state index contributed by atoms with van der Waals surface area (Å²) in [5, 5.41) is -1.41. The summed E-state index contributed by atoms with van der Waals surface area (Å²) in [6.45, 7) is 7.16. The van der Waals surface area contributed by atoms with Gasteiger partial charge < -0.3 is 15.5 Å². The largest absolute Gasteiger partial charge is 0.345 e. The van der Waals surface area contributed by atoms with E-state index in [1.54, 1.807) is 20.8 Å². The van der Waals surface area contributed by atoms with Gasteiger partial charge in [-0.25, -0.2) is 0 Å². The molecule has 5 heteroatoms. The van der Waals surface area contributed by atoms with Gasteiger partial charge in [0.1, 0.15) is 5.28 Å². The second kappa shape index (κ2) is 3.70. The van der Waals surface area contributed by atoms with Gasteiger partial charge in [0.05, 0.1) is 0 Å². The molecular formula is C8H20NO3P. The fourth-order valence-electron chi connectivity index (χ4n) is 1.38. The van der Waals surface area contributed by atoms with Crippen molar-refractivity contribution >= 4 is 7.60 Å². The lowest BCUT2D eigenvalue weighted by Gasteiger charge is -2.42. The molecule has 0 amide bonds. The third kappa shape index (κ3) is 2.13. The number of rotatable bonds is 4. The van der Waals surface area contributed by atoms with Crippen LogP contribution in [0.25, 0.3) is 0 Å². The Morgan fingerprint density at radius 3 is 1.69 bits per heavy atom. The molecule has 0 saturated carbocycles. The van der Waals surface area contributed by atoms with Crippen molar-refractivity contribution in [3.8, 4) is 0 Å². The van der Waals surface area contributed by atoms with Gasteiger partial charge >= 0.3 is 7.60 Å². The van der Waals surface area contributed by atoms with Crippen molar-refractivity contribution in [2.24, 2.45) is 11.1 Å². The summed E-state index contributed by atoms with van der Waals surface area (Å²) >= 11 is 0. The Morgan fingerprint density at radius 2 is 1.62 bits per heavy atom. The molecule has 0 bridgehead atoms. The lowest BCUT2D eigenvalue weighted by Crippen LogP contribution is -2.51. The van der Waals surface area contributed by atoms with Gasteiger partial charge in [-0.1, -0.05) is 27.7 Å².